The first-order valence-electron chi connectivity index (χ1n) is 4.77. The Hall–Kier alpha value is -1.22. The van der Waals surface area contributed by atoms with E-state index in [9.17, 15) is 0 Å². The van der Waals surface area contributed by atoms with E-state index in [1.54, 1.807) is 7.11 Å². The zero-order chi connectivity index (χ0) is 9.97. The molecule has 76 valence electrons. The Balaban J connectivity index is 2.27. The quantitative estimate of drug-likeness (QED) is 0.740. The van der Waals surface area contributed by atoms with Crippen LogP contribution in [0.15, 0.2) is 18.2 Å². The van der Waals surface area contributed by atoms with Crippen molar-refractivity contribution in [3.05, 3.63) is 23.8 Å². The van der Waals surface area contributed by atoms with Gasteiger partial charge in [0.1, 0.15) is 0 Å². The van der Waals surface area contributed by atoms with Gasteiger partial charge in [0.15, 0.2) is 11.5 Å². The van der Waals surface area contributed by atoms with Crippen LogP contribution in [0, 0.1) is 0 Å². The van der Waals surface area contributed by atoms with E-state index in [1.807, 2.05) is 18.2 Å². The van der Waals surface area contributed by atoms with Crippen molar-refractivity contribution in [2.24, 2.45) is 0 Å². The molecule has 0 aliphatic carbocycles. The van der Waals surface area contributed by atoms with Crippen LogP contribution in [0.25, 0.3) is 0 Å². The topological polar surface area (TPSA) is 27.7 Å². The third-order valence-electron chi connectivity index (χ3n) is 2.42. The fourth-order valence-corrected chi connectivity index (χ4v) is 1.65. The van der Waals surface area contributed by atoms with E-state index in [2.05, 4.69) is 6.92 Å². The van der Waals surface area contributed by atoms with Crippen molar-refractivity contribution in [2.75, 3.05) is 13.9 Å². The number of benzene rings is 1. The van der Waals surface area contributed by atoms with Gasteiger partial charge in [-0.25, -0.2) is 0 Å². The molecule has 0 saturated heterocycles. The van der Waals surface area contributed by atoms with Crippen molar-refractivity contribution in [2.45, 2.75) is 19.4 Å². The maximum absolute atomic E-state index is 5.35. The molecule has 1 aromatic carbocycles. The Morgan fingerprint density at radius 1 is 1.36 bits per heavy atom. The summed E-state index contributed by atoms with van der Waals surface area (Å²) < 4.78 is 15.9. The molecule has 0 fully saturated rings. The maximum atomic E-state index is 5.35. The van der Waals surface area contributed by atoms with Gasteiger partial charge in [0.05, 0.1) is 6.10 Å². The summed E-state index contributed by atoms with van der Waals surface area (Å²) in [7, 11) is 1.72. The molecule has 1 aliphatic rings. The second-order valence-corrected chi connectivity index (χ2v) is 3.25. The molecule has 3 nitrogen and oxygen atoms in total. The van der Waals surface area contributed by atoms with Gasteiger partial charge in [-0.1, -0.05) is 13.0 Å². The van der Waals surface area contributed by atoms with Crippen molar-refractivity contribution < 1.29 is 14.2 Å². The van der Waals surface area contributed by atoms with E-state index >= 15 is 0 Å². The van der Waals surface area contributed by atoms with Crippen LogP contribution in [0.2, 0.25) is 0 Å². The van der Waals surface area contributed by atoms with Crippen LogP contribution in [0.1, 0.15) is 25.0 Å². The highest BCUT2D eigenvalue weighted by molar-refractivity contribution is 5.45. The van der Waals surface area contributed by atoms with Gasteiger partial charge in [-0.3, -0.25) is 0 Å². The van der Waals surface area contributed by atoms with Crippen LogP contribution < -0.4 is 9.47 Å². The fraction of sp³-hybridized carbons (Fsp3) is 0.455. The van der Waals surface area contributed by atoms with Gasteiger partial charge in [0, 0.05) is 7.11 Å². The molecule has 1 aliphatic heterocycles. The third kappa shape index (κ3) is 1.55. The number of ether oxygens (including phenoxy) is 3. The van der Waals surface area contributed by atoms with Crippen molar-refractivity contribution in [1.82, 2.24) is 0 Å². The third-order valence-corrected chi connectivity index (χ3v) is 2.42. The summed E-state index contributed by atoms with van der Waals surface area (Å²) in [6, 6.07) is 5.94. The van der Waals surface area contributed by atoms with E-state index in [0.717, 1.165) is 23.5 Å². The number of fused-ring (bicyclic) bond motifs is 1. The largest absolute Gasteiger partial charge is 0.454 e. The lowest BCUT2D eigenvalue weighted by molar-refractivity contribution is 0.0998. The SMILES string of the molecule is CC[C@@H](OC)c1ccc2c(c1)OCO2. The highest BCUT2D eigenvalue weighted by Crippen LogP contribution is 2.35. The van der Waals surface area contributed by atoms with Crippen molar-refractivity contribution in [3.8, 4) is 11.5 Å². The molecular weight excluding hydrogens is 180 g/mol. The van der Waals surface area contributed by atoms with Crippen LogP contribution in [0.3, 0.4) is 0 Å². The molecule has 14 heavy (non-hydrogen) atoms. The average Bonchev–Trinajstić information content (AvgIpc) is 2.66. The van der Waals surface area contributed by atoms with Gasteiger partial charge < -0.3 is 14.2 Å². The van der Waals surface area contributed by atoms with Gasteiger partial charge >= 0.3 is 0 Å². The van der Waals surface area contributed by atoms with E-state index in [-0.39, 0.29) is 6.10 Å². The van der Waals surface area contributed by atoms with E-state index in [4.69, 9.17) is 14.2 Å². The van der Waals surface area contributed by atoms with Crippen LogP contribution in [-0.4, -0.2) is 13.9 Å². The zero-order valence-electron chi connectivity index (χ0n) is 8.45. The number of hydrogen-bond acceptors (Lipinski definition) is 3. The summed E-state index contributed by atoms with van der Waals surface area (Å²) in [5.41, 5.74) is 1.14. The van der Waals surface area contributed by atoms with Crippen molar-refractivity contribution >= 4 is 0 Å². The minimum Gasteiger partial charge on any atom is -0.454 e. The molecule has 1 atom stereocenters. The lowest BCUT2D eigenvalue weighted by Crippen LogP contribution is -1.99. The maximum Gasteiger partial charge on any atom is 0.231 e. The standard InChI is InChI=1S/C11H14O3/c1-3-9(12-2)8-4-5-10-11(6-8)14-7-13-10/h4-6,9H,3,7H2,1-2H3/t9-/m1/s1. The molecule has 0 radical (unpaired) electrons. The molecule has 1 aromatic rings. The molecule has 2 rings (SSSR count). The normalized spacial score (nSPS) is 15.6. The Morgan fingerprint density at radius 3 is 2.86 bits per heavy atom. The molecule has 3 heteroatoms. The molecular formula is C11H14O3. The highest BCUT2D eigenvalue weighted by atomic mass is 16.7. The van der Waals surface area contributed by atoms with E-state index in [0.29, 0.717) is 6.79 Å². The van der Waals surface area contributed by atoms with Crippen LogP contribution in [0.5, 0.6) is 11.5 Å². The Kier molecular flexibility index (Phi) is 2.59. The molecule has 1 heterocycles. The Bertz CT molecular complexity index is 318. The Labute approximate surface area is 83.6 Å². The van der Waals surface area contributed by atoms with Gasteiger partial charge in [-0.05, 0) is 24.1 Å². The molecule has 0 N–H and O–H groups in total. The Morgan fingerprint density at radius 2 is 2.14 bits per heavy atom. The smallest absolute Gasteiger partial charge is 0.231 e. The first kappa shape index (κ1) is 9.34. The molecule has 0 unspecified atom stereocenters. The summed E-state index contributed by atoms with van der Waals surface area (Å²) in [5.74, 6) is 1.64. The molecule has 0 aromatic heterocycles. The van der Waals surface area contributed by atoms with Crippen LogP contribution >= 0.6 is 0 Å². The van der Waals surface area contributed by atoms with Crippen molar-refractivity contribution in [1.29, 1.82) is 0 Å². The summed E-state index contributed by atoms with van der Waals surface area (Å²) >= 11 is 0. The lowest BCUT2D eigenvalue weighted by atomic mass is 10.1. The van der Waals surface area contributed by atoms with Gasteiger partial charge in [-0.15, -0.1) is 0 Å². The van der Waals surface area contributed by atoms with Crippen LogP contribution in [-0.2, 0) is 4.74 Å². The predicted molar refractivity (Wildman–Crippen MR) is 52.6 cm³/mol. The average molecular weight is 194 g/mol. The summed E-state index contributed by atoms with van der Waals surface area (Å²) in [4.78, 5) is 0. The van der Waals surface area contributed by atoms with Gasteiger partial charge in [0.25, 0.3) is 0 Å². The number of methoxy groups -OCH3 is 1. The van der Waals surface area contributed by atoms with Crippen molar-refractivity contribution in [3.63, 3.8) is 0 Å². The lowest BCUT2D eigenvalue weighted by Gasteiger charge is -2.13. The summed E-state index contributed by atoms with van der Waals surface area (Å²) in [6.45, 7) is 2.42. The minimum absolute atomic E-state index is 0.143. The van der Waals surface area contributed by atoms with Crippen LogP contribution in [0.4, 0.5) is 0 Å². The number of rotatable bonds is 3. The van der Waals surface area contributed by atoms with Gasteiger partial charge in [0.2, 0.25) is 6.79 Å². The summed E-state index contributed by atoms with van der Waals surface area (Å²) in [5, 5.41) is 0. The molecule has 0 saturated carbocycles. The predicted octanol–water partition coefficient (Wildman–Crippen LogP) is 2.51. The fourth-order valence-electron chi connectivity index (χ4n) is 1.65. The second kappa shape index (κ2) is 3.88. The molecule has 0 bridgehead atoms. The monoisotopic (exact) mass is 194 g/mol. The van der Waals surface area contributed by atoms with Gasteiger partial charge in [-0.2, -0.15) is 0 Å². The molecule has 0 spiro atoms. The minimum atomic E-state index is 0.143. The second-order valence-electron chi connectivity index (χ2n) is 3.25. The number of hydrogen-bond donors (Lipinski definition) is 0. The summed E-state index contributed by atoms with van der Waals surface area (Å²) in [6.07, 6.45) is 1.10. The first-order valence-corrected chi connectivity index (χ1v) is 4.77. The zero-order valence-corrected chi connectivity index (χ0v) is 8.45. The van der Waals surface area contributed by atoms with E-state index < -0.39 is 0 Å². The molecule has 0 amide bonds. The van der Waals surface area contributed by atoms with E-state index in [1.165, 1.54) is 0 Å². The first-order chi connectivity index (χ1) is 6.85. The highest BCUT2D eigenvalue weighted by Gasteiger charge is 2.16.